The number of nitrogens with zero attached hydrogens (tertiary/aromatic N) is 2. The van der Waals surface area contributed by atoms with Gasteiger partial charge in [0.1, 0.15) is 0 Å². The average molecular weight is 350 g/mol. The number of hydrogen-bond donors (Lipinski definition) is 1. The standard InChI is InChI=1S/C19H28ClN3O/c1-15-6-2-4-8-17(15)21-19(24)14-22-10-12-23(13-11-22)18-9-5-3-7-16(18)20/h3,5,7,9,15,17H,2,4,6,8,10-14H2,1H3,(H,21,24)/t15-,17+/m0/s1. The van der Waals surface area contributed by atoms with Crippen molar-refractivity contribution >= 4 is 23.2 Å². The number of halogens is 1. The first-order chi connectivity index (χ1) is 11.6. The summed E-state index contributed by atoms with van der Waals surface area (Å²) >= 11 is 6.28. The van der Waals surface area contributed by atoms with Crippen molar-refractivity contribution in [2.75, 3.05) is 37.6 Å². The second-order valence-electron chi connectivity index (χ2n) is 7.15. The van der Waals surface area contributed by atoms with E-state index in [9.17, 15) is 4.79 Å². The van der Waals surface area contributed by atoms with Gasteiger partial charge in [-0.05, 0) is 30.9 Å². The molecule has 5 heteroatoms. The fraction of sp³-hybridized carbons (Fsp3) is 0.632. The molecule has 1 amide bonds. The Morgan fingerprint density at radius 1 is 1.17 bits per heavy atom. The van der Waals surface area contributed by atoms with Crippen LogP contribution >= 0.6 is 11.6 Å². The highest BCUT2D eigenvalue weighted by molar-refractivity contribution is 6.33. The summed E-state index contributed by atoms with van der Waals surface area (Å²) in [5.74, 6) is 0.791. The number of hydrogen-bond acceptors (Lipinski definition) is 3. The van der Waals surface area contributed by atoms with Crippen molar-refractivity contribution in [2.24, 2.45) is 5.92 Å². The van der Waals surface area contributed by atoms with E-state index in [2.05, 4.69) is 28.1 Å². The molecule has 1 aromatic rings. The summed E-state index contributed by atoms with van der Waals surface area (Å²) in [6.07, 6.45) is 4.91. The van der Waals surface area contributed by atoms with Crippen molar-refractivity contribution in [3.8, 4) is 0 Å². The van der Waals surface area contributed by atoms with Gasteiger partial charge in [-0.25, -0.2) is 0 Å². The van der Waals surface area contributed by atoms with Crippen LogP contribution in [0.1, 0.15) is 32.6 Å². The Labute approximate surface area is 150 Å². The van der Waals surface area contributed by atoms with E-state index >= 15 is 0 Å². The minimum absolute atomic E-state index is 0.181. The number of amides is 1. The highest BCUT2D eigenvalue weighted by atomic mass is 35.5. The molecule has 2 fully saturated rings. The molecular weight excluding hydrogens is 322 g/mol. The van der Waals surface area contributed by atoms with Gasteiger partial charge in [-0.2, -0.15) is 0 Å². The van der Waals surface area contributed by atoms with Gasteiger partial charge in [0.05, 0.1) is 17.3 Å². The minimum atomic E-state index is 0.181. The summed E-state index contributed by atoms with van der Waals surface area (Å²) < 4.78 is 0. The van der Waals surface area contributed by atoms with Crippen LogP contribution in [0.4, 0.5) is 5.69 Å². The molecule has 0 aromatic heterocycles. The Bertz CT molecular complexity index is 557. The molecule has 1 N–H and O–H groups in total. The molecule has 1 heterocycles. The van der Waals surface area contributed by atoms with Gasteiger partial charge in [-0.1, -0.05) is 43.5 Å². The normalized spacial score (nSPS) is 25.5. The Hall–Kier alpha value is -1.26. The van der Waals surface area contributed by atoms with E-state index in [-0.39, 0.29) is 5.91 Å². The second-order valence-corrected chi connectivity index (χ2v) is 7.56. The quantitative estimate of drug-likeness (QED) is 0.907. The Kier molecular flexibility index (Phi) is 6.01. The van der Waals surface area contributed by atoms with Gasteiger partial charge < -0.3 is 10.2 Å². The lowest BCUT2D eigenvalue weighted by Gasteiger charge is -2.36. The molecule has 0 unspecified atom stereocenters. The number of rotatable bonds is 4. The first-order valence-electron chi connectivity index (χ1n) is 9.14. The number of anilines is 1. The van der Waals surface area contributed by atoms with Crippen molar-refractivity contribution < 1.29 is 4.79 Å². The summed E-state index contributed by atoms with van der Waals surface area (Å²) in [5, 5.41) is 4.05. The van der Waals surface area contributed by atoms with Crippen LogP contribution in [0.5, 0.6) is 0 Å². The SMILES string of the molecule is C[C@H]1CCCC[C@H]1NC(=O)CN1CCN(c2ccccc2Cl)CC1. The molecule has 1 saturated carbocycles. The highest BCUT2D eigenvalue weighted by Gasteiger charge is 2.25. The van der Waals surface area contributed by atoms with Crippen LogP contribution in [0.2, 0.25) is 5.02 Å². The minimum Gasteiger partial charge on any atom is -0.368 e. The monoisotopic (exact) mass is 349 g/mol. The molecule has 2 atom stereocenters. The fourth-order valence-electron chi connectivity index (χ4n) is 3.84. The maximum Gasteiger partial charge on any atom is 0.234 e. The van der Waals surface area contributed by atoms with Crippen LogP contribution in [-0.4, -0.2) is 49.6 Å². The zero-order valence-electron chi connectivity index (χ0n) is 14.5. The lowest BCUT2D eigenvalue weighted by molar-refractivity contribution is -0.123. The number of carbonyl (C=O) groups excluding carboxylic acids is 1. The number of nitrogens with one attached hydrogen (secondary N) is 1. The molecule has 1 saturated heterocycles. The van der Waals surface area contributed by atoms with Crippen LogP contribution < -0.4 is 10.2 Å². The molecule has 3 rings (SSSR count). The summed E-state index contributed by atoms with van der Waals surface area (Å²) in [6.45, 7) is 6.40. The van der Waals surface area contributed by atoms with Crippen molar-refractivity contribution in [1.82, 2.24) is 10.2 Å². The second kappa shape index (κ2) is 8.21. The largest absolute Gasteiger partial charge is 0.368 e. The third-order valence-corrected chi connectivity index (χ3v) is 5.71. The van der Waals surface area contributed by atoms with Crippen LogP contribution in [0.3, 0.4) is 0 Å². The van der Waals surface area contributed by atoms with Crippen molar-refractivity contribution in [3.63, 3.8) is 0 Å². The van der Waals surface area contributed by atoms with Crippen LogP contribution in [0.25, 0.3) is 0 Å². The molecule has 1 aliphatic heterocycles. The van der Waals surface area contributed by atoms with E-state index < -0.39 is 0 Å². The van der Waals surface area contributed by atoms with Gasteiger partial charge in [0.25, 0.3) is 0 Å². The van der Waals surface area contributed by atoms with Crippen molar-refractivity contribution in [2.45, 2.75) is 38.6 Å². The molecule has 2 aliphatic rings. The first kappa shape index (κ1) is 17.6. The van der Waals surface area contributed by atoms with Gasteiger partial charge in [0.15, 0.2) is 0 Å². The third-order valence-electron chi connectivity index (χ3n) is 5.39. The smallest absolute Gasteiger partial charge is 0.234 e. The average Bonchev–Trinajstić information content (AvgIpc) is 2.58. The van der Waals surface area contributed by atoms with Gasteiger partial charge in [-0.15, -0.1) is 0 Å². The summed E-state index contributed by atoms with van der Waals surface area (Å²) in [5.41, 5.74) is 1.10. The number of carbonyl (C=O) groups is 1. The van der Waals surface area contributed by atoms with Crippen LogP contribution in [0.15, 0.2) is 24.3 Å². The molecule has 0 spiro atoms. The maximum absolute atomic E-state index is 12.3. The van der Waals surface area contributed by atoms with E-state index in [0.29, 0.717) is 18.5 Å². The topological polar surface area (TPSA) is 35.6 Å². The van der Waals surface area contributed by atoms with Gasteiger partial charge in [-0.3, -0.25) is 9.69 Å². The van der Waals surface area contributed by atoms with E-state index in [0.717, 1.165) is 43.3 Å². The zero-order valence-corrected chi connectivity index (χ0v) is 15.3. The number of para-hydroxylation sites is 1. The number of piperazine rings is 1. The molecule has 24 heavy (non-hydrogen) atoms. The molecule has 1 aliphatic carbocycles. The predicted molar refractivity (Wildman–Crippen MR) is 99.7 cm³/mol. The lowest BCUT2D eigenvalue weighted by Crippen LogP contribution is -2.51. The Morgan fingerprint density at radius 2 is 1.88 bits per heavy atom. The van der Waals surface area contributed by atoms with Gasteiger partial charge in [0.2, 0.25) is 5.91 Å². The number of benzene rings is 1. The van der Waals surface area contributed by atoms with Gasteiger partial charge in [0, 0.05) is 32.2 Å². The predicted octanol–water partition coefficient (Wildman–Crippen LogP) is 3.16. The lowest BCUT2D eigenvalue weighted by atomic mass is 9.86. The summed E-state index contributed by atoms with van der Waals surface area (Å²) in [4.78, 5) is 16.9. The fourth-order valence-corrected chi connectivity index (χ4v) is 4.10. The molecule has 0 bridgehead atoms. The Balaban J connectivity index is 1.45. The van der Waals surface area contributed by atoms with Crippen LogP contribution in [0, 0.1) is 5.92 Å². The van der Waals surface area contributed by atoms with E-state index in [1.807, 2.05) is 18.2 Å². The van der Waals surface area contributed by atoms with E-state index in [4.69, 9.17) is 11.6 Å². The van der Waals surface area contributed by atoms with E-state index in [1.54, 1.807) is 0 Å². The molecular formula is C19H28ClN3O. The molecule has 0 radical (unpaired) electrons. The van der Waals surface area contributed by atoms with Crippen molar-refractivity contribution in [1.29, 1.82) is 0 Å². The van der Waals surface area contributed by atoms with Crippen LogP contribution in [-0.2, 0) is 4.79 Å². The Morgan fingerprint density at radius 3 is 2.58 bits per heavy atom. The third kappa shape index (κ3) is 4.42. The molecule has 132 valence electrons. The summed E-state index contributed by atoms with van der Waals surface area (Å²) in [6, 6.07) is 8.35. The molecule has 1 aromatic carbocycles. The molecule has 4 nitrogen and oxygen atoms in total. The van der Waals surface area contributed by atoms with Crippen molar-refractivity contribution in [3.05, 3.63) is 29.3 Å². The highest BCUT2D eigenvalue weighted by Crippen LogP contribution is 2.26. The van der Waals surface area contributed by atoms with Gasteiger partial charge >= 0.3 is 0 Å². The zero-order chi connectivity index (χ0) is 16.9. The maximum atomic E-state index is 12.3. The summed E-state index contributed by atoms with van der Waals surface area (Å²) in [7, 11) is 0. The van der Waals surface area contributed by atoms with E-state index in [1.165, 1.54) is 19.3 Å². The first-order valence-corrected chi connectivity index (χ1v) is 9.52.